The van der Waals surface area contributed by atoms with Crippen LogP contribution in [0, 0.1) is 34.5 Å². The molecular weight excluding hydrogens is 438 g/mol. The van der Waals surface area contributed by atoms with Crippen LogP contribution in [0.5, 0.6) is 0 Å². The molecule has 7 aliphatic rings. The SMILES string of the molecule is CCN1C[C@]2(COC)CC[C@H](OC)C34C5C[C@@H]6[C@@H](OC)CC7(OCOC7(C13)[C@@H](O)C42)C5[C@H]6OC. The fourth-order valence-corrected chi connectivity index (χ4v) is 11.7. The summed E-state index contributed by atoms with van der Waals surface area (Å²) in [5.41, 5.74) is -1.83. The van der Waals surface area contributed by atoms with Gasteiger partial charge in [-0.1, -0.05) is 6.92 Å². The van der Waals surface area contributed by atoms with E-state index < -0.39 is 17.3 Å². The van der Waals surface area contributed by atoms with Crippen LogP contribution in [0.1, 0.15) is 32.6 Å². The molecule has 34 heavy (non-hydrogen) atoms. The molecule has 8 nitrogen and oxygen atoms in total. The highest BCUT2D eigenvalue weighted by molar-refractivity contribution is 5.42. The largest absolute Gasteiger partial charge is 0.390 e. The van der Waals surface area contributed by atoms with Crippen LogP contribution in [-0.2, 0) is 28.4 Å². The van der Waals surface area contributed by atoms with E-state index in [9.17, 15) is 5.11 Å². The number of methoxy groups -OCH3 is 4. The lowest BCUT2D eigenvalue weighted by molar-refractivity contribution is -0.287. The lowest BCUT2D eigenvalue weighted by atomic mass is 9.42. The van der Waals surface area contributed by atoms with Gasteiger partial charge in [-0.3, -0.25) is 4.90 Å². The molecule has 192 valence electrons. The van der Waals surface area contributed by atoms with Gasteiger partial charge in [-0.15, -0.1) is 0 Å². The van der Waals surface area contributed by atoms with Gasteiger partial charge in [0.2, 0.25) is 0 Å². The van der Waals surface area contributed by atoms with E-state index in [1.807, 2.05) is 21.3 Å². The average molecular weight is 480 g/mol. The molecule has 0 aromatic carbocycles. The maximum atomic E-state index is 12.6. The lowest BCUT2D eigenvalue weighted by Gasteiger charge is -2.70. The first kappa shape index (κ1) is 22.8. The number of rotatable bonds is 6. The first-order valence-electron chi connectivity index (χ1n) is 13.2. The van der Waals surface area contributed by atoms with Crippen LogP contribution < -0.4 is 0 Å². The van der Waals surface area contributed by atoms with Gasteiger partial charge >= 0.3 is 0 Å². The van der Waals surface area contributed by atoms with E-state index in [4.69, 9.17) is 28.4 Å². The number of nitrogens with zero attached hydrogens (tertiary/aromatic N) is 1. The van der Waals surface area contributed by atoms with Crippen molar-refractivity contribution in [1.29, 1.82) is 0 Å². The zero-order chi connectivity index (χ0) is 23.7. The molecule has 2 heterocycles. The Bertz CT molecular complexity index is 859. The summed E-state index contributed by atoms with van der Waals surface area (Å²) in [5.74, 6) is 0.813. The number of aliphatic hydroxyl groups is 1. The molecule has 13 atom stereocenters. The zero-order valence-electron chi connectivity index (χ0n) is 21.2. The molecule has 7 fully saturated rings. The summed E-state index contributed by atoms with van der Waals surface area (Å²) in [6.45, 7) is 4.93. The summed E-state index contributed by atoms with van der Waals surface area (Å²) in [6.07, 6.45) is 3.20. The first-order chi connectivity index (χ1) is 16.5. The predicted octanol–water partition coefficient (Wildman–Crippen LogP) is 1.29. The van der Waals surface area contributed by atoms with Gasteiger partial charge in [0, 0.05) is 70.0 Å². The van der Waals surface area contributed by atoms with Crippen molar-refractivity contribution >= 4 is 0 Å². The van der Waals surface area contributed by atoms with Gasteiger partial charge in [0.15, 0.2) is 0 Å². The van der Waals surface area contributed by atoms with Gasteiger partial charge in [0.1, 0.15) is 18.0 Å². The smallest absolute Gasteiger partial charge is 0.148 e. The van der Waals surface area contributed by atoms with Crippen LogP contribution in [0.25, 0.3) is 0 Å². The van der Waals surface area contributed by atoms with E-state index in [1.165, 1.54) is 0 Å². The number of aliphatic hydroxyl groups excluding tert-OH is 1. The minimum Gasteiger partial charge on any atom is -0.390 e. The van der Waals surface area contributed by atoms with Crippen molar-refractivity contribution in [3.05, 3.63) is 0 Å². The van der Waals surface area contributed by atoms with Gasteiger partial charge in [0.05, 0.1) is 37.1 Å². The molecule has 3 spiro atoms. The standard InChI is InChI=1S/C26H41NO7/c1-6-27-11-23(12-29-2)8-7-17(31-4)25-15-9-14-16(30-3)10-24(18(15)19(14)32-5)26(22(25)27,34-13-33-24)21(28)20(23)25/h14-22,28H,6-13H2,1-5H3/t14-,15?,16+,17+,18?,19+,20?,21+,22?,23+,24?,25?,26?/m1/s1. The number of ether oxygens (including phenoxy) is 6. The fourth-order valence-electron chi connectivity index (χ4n) is 11.7. The molecule has 2 saturated heterocycles. The second-order valence-electron chi connectivity index (χ2n) is 12.2. The Morgan fingerprint density at radius 1 is 1.09 bits per heavy atom. The Labute approximate surface area is 202 Å². The van der Waals surface area contributed by atoms with E-state index in [0.717, 1.165) is 38.8 Å². The van der Waals surface area contributed by atoms with Crippen molar-refractivity contribution in [3.63, 3.8) is 0 Å². The average Bonchev–Trinajstić information content (AvgIpc) is 3.42. The number of likely N-dealkylation sites (N-methyl/N-ethyl adjacent to an activating group) is 1. The van der Waals surface area contributed by atoms with E-state index in [-0.39, 0.29) is 53.8 Å². The Kier molecular flexibility index (Phi) is 4.81. The molecular formula is C26H41NO7. The van der Waals surface area contributed by atoms with E-state index in [0.29, 0.717) is 18.4 Å². The summed E-state index contributed by atoms with van der Waals surface area (Å²) in [7, 11) is 7.32. The van der Waals surface area contributed by atoms with Crippen LogP contribution in [0.3, 0.4) is 0 Å². The maximum absolute atomic E-state index is 12.6. The predicted molar refractivity (Wildman–Crippen MR) is 121 cm³/mol. The Balaban J connectivity index is 1.55. The van der Waals surface area contributed by atoms with Crippen LogP contribution in [0.4, 0.5) is 0 Å². The molecule has 0 aromatic heterocycles. The Morgan fingerprint density at radius 3 is 2.59 bits per heavy atom. The molecule has 7 bridgehead atoms. The summed E-state index contributed by atoms with van der Waals surface area (Å²) >= 11 is 0. The Morgan fingerprint density at radius 2 is 1.91 bits per heavy atom. The number of piperidine rings is 1. The van der Waals surface area contributed by atoms with Crippen LogP contribution >= 0.6 is 0 Å². The topological polar surface area (TPSA) is 78.9 Å². The second kappa shape index (κ2) is 7.16. The third-order valence-corrected chi connectivity index (χ3v) is 12.0. The van der Waals surface area contributed by atoms with Gasteiger partial charge in [-0.25, -0.2) is 0 Å². The molecule has 5 saturated carbocycles. The molecule has 7 rings (SSSR count). The van der Waals surface area contributed by atoms with Crippen molar-refractivity contribution in [2.45, 2.75) is 74.3 Å². The molecule has 0 amide bonds. The summed E-state index contributed by atoms with van der Waals surface area (Å²) < 4.78 is 38.3. The first-order valence-corrected chi connectivity index (χ1v) is 13.2. The van der Waals surface area contributed by atoms with Gasteiger partial charge in [0.25, 0.3) is 0 Å². The quantitative estimate of drug-likeness (QED) is 0.611. The monoisotopic (exact) mass is 479 g/mol. The summed E-state index contributed by atoms with van der Waals surface area (Å²) in [6, 6.07) is 0.0378. The normalized spacial score (nSPS) is 61.1. The van der Waals surface area contributed by atoms with Crippen molar-refractivity contribution in [2.24, 2.45) is 34.5 Å². The lowest BCUT2D eigenvalue weighted by Crippen LogP contribution is -2.81. The third kappa shape index (κ3) is 2.05. The second-order valence-corrected chi connectivity index (χ2v) is 12.2. The molecule has 7 unspecified atom stereocenters. The van der Waals surface area contributed by atoms with E-state index in [1.54, 1.807) is 7.11 Å². The highest BCUT2D eigenvalue weighted by Gasteiger charge is 2.93. The van der Waals surface area contributed by atoms with Crippen LogP contribution in [0.15, 0.2) is 0 Å². The van der Waals surface area contributed by atoms with Crippen molar-refractivity contribution in [3.8, 4) is 0 Å². The molecule has 0 aromatic rings. The molecule has 5 aliphatic carbocycles. The highest BCUT2D eigenvalue weighted by Crippen LogP contribution is 2.82. The van der Waals surface area contributed by atoms with Crippen LogP contribution in [-0.4, -0.2) is 107 Å². The summed E-state index contributed by atoms with van der Waals surface area (Å²) in [4.78, 5) is 2.61. The minimum absolute atomic E-state index is 0.0240. The Hall–Kier alpha value is -0.320. The summed E-state index contributed by atoms with van der Waals surface area (Å²) in [5, 5.41) is 12.6. The number of likely N-dealkylation sites (tertiary alicyclic amines) is 1. The molecule has 0 radical (unpaired) electrons. The molecule has 8 heteroatoms. The zero-order valence-corrected chi connectivity index (χ0v) is 21.2. The van der Waals surface area contributed by atoms with E-state index >= 15 is 0 Å². The molecule has 1 N–H and O–H groups in total. The van der Waals surface area contributed by atoms with Gasteiger partial charge in [-0.2, -0.15) is 0 Å². The maximum Gasteiger partial charge on any atom is 0.148 e. The van der Waals surface area contributed by atoms with Crippen molar-refractivity contribution in [2.75, 3.05) is 54.9 Å². The fraction of sp³-hybridized carbons (Fsp3) is 1.00. The van der Waals surface area contributed by atoms with Crippen LogP contribution in [0.2, 0.25) is 0 Å². The van der Waals surface area contributed by atoms with E-state index in [2.05, 4.69) is 11.8 Å². The number of hydrogen-bond acceptors (Lipinski definition) is 8. The van der Waals surface area contributed by atoms with Crippen molar-refractivity contribution < 1.29 is 33.5 Å². The number of fused-ring (bicyclic) bond motifs is 1. The van der Waals surface area contributed by atoms with Gasteiger partial charge in [-0.05, 0) is 31.7 Å². The van der Waals surface area contributed by atoms with Gasteiger partial charge < -0.3 is 33.5 Å². The minimum atomic E-state index is -0.825. The van der Waals surface area contributed by atoms with Crippen molar-refractivity contribution in [1.82, 2.24) is 4.90 Å². The molecule has 2 aliphatic heterocycles. The number of hydrogen-bond donors (Lipinski definition) is 1. The third-order valence-electron chi connectivity index (χ3n) is 12.0. The highest BCUT2D eigenvalue weighted by atomic mass is 16.7.